The Kier molecular flexibility index (Phi) is 2.31. The molecule has 3 fully saturated rings. The Morgan fingerprint density at radius 2 is 1.53 bits per heavy atom. The lowest BCUT2D eigenvalue weighted by Crippen LogP contribution is -2.35. The van der Waals surface area contributed by atoms with Gasteiger partial charge in [0.15, 0.2) is 0 Å². The lowest BCUT2D eigenvalue weighted by atomic mass is 9.59. The van der Waals surface area contributed by atoms with Gasteiger partial charge in [-0.1, -0.05) is 30.3 Å². The highest BCUT2D eigenvalue weighted by atomic mass is 14.4. The van der Waals surface area contributed by atoms with Crippen molar-refractivity contribution >= 4 is 0 Å². The Morgan fingerprint density at radius 1 is 0.933 bits per heavy atom. The zero-order chi connectivity index (χ0) is 10.1. The predicted molar refractivity (Wildman–Crippen MR) is 63.8 cm³/mol. The SMILES string of the molecule is c1ccc(CC23CCC(CC2)CC3)cc1. The first-order valence-corrected chi connectivity index (χ1v) is 6.40. The molecular formula is C15H20. The van der Waals surface area contributed by atoms with E-state index in [1.807, 2.05) is 0 Å². The van der Waals surface area contributed by atoms with Crippen LogP contribution in [0.4, 0.5) is 0 Å². The van der Waals surface area contributed by atoms with Gasteiger partial charge in [-0.05, 0) is 61.8 Å². The van der Waals surface area contributed by atoms with E-state index in [0.29, 0.717) is 5.41 Å². The molecule has 1 aromatic carbocycles. The second-order valence-corrected chi connectivity index (χ2v) is 5.64. The van der Waals surface area contributed by atoms with Crippen LogP contribution in [-0.4, -0.2) is 0 Å². The average Bonchev–Trinajstić information content (AvgIpc) is 2.32. The molecule has 2 bridgehead atoms. The van der Waals surface area contributed by atoms with E-state index in [1.165, 1.54) is 44.9 Å². The maximum atomic E-state index is 2.30. The van der Waals surface area contributed by atoms with E-state index in [1.54, 1.807) is 5.56 Å². The molecule has 3 aliphatic carbocycles. The molecule has 0 heterocycles. The molecule has 0 heteroatoms. The lowest BCUT2D eigenvalue weighted by molar-refractivity contribution is 0.0654. The fraction of sp³-hybridized carbons (Fsp3) is 0.600. The molecule has 0 spiro atoms. The number of fused-ring (bicyclic) bond motifs is 3. The Morgan fingerprint density at radius 3 is 2.13 bits per heavy atom. The summed E-state index contributed by atoms with van der Waals surface area (Å²) in [6.45, 7) is 0. The van der Waals surface area contributed by atoms with Gasteiger partial charge in [0.1, 0.15) is 0 Å². The number of hydrogen-bond acceptors (Lipinski definition) is 0. The second-order valence-electron chi connectivity index (χ2n) is 5.64. The molecule has 0 aliphatic heterocycles. The summed E-state index contributed by atoms with van der Waals surface area (Å²) in [5.41, 5.74) is 2.24. The van der Waals surface area contributed by atoms with Crippen LogP contribution in [-0.2, 0) is 6.42 Å². The number of hydrogen-bond donors (Lipinski definition) is 0. The van der Waals surface area contributed by atoms with Crippen LogP contribution >= 0.6 is 0 Å². The van der Waals surface area contributed by atoms with Crippen molar-refractivity contribution in [3.63, 3.8) is 0 Å². The molecule has 1 aromatic rings. The monoisotopic (exact) mass is 200 g/mol. The molecule has 0 N–H and O–H groups in total. The predicted octanol–water partition coefficient (Wildman–Crippen LogP) is 4.20. The Bertz CT molecular complexity index is 303. The van der Waals surface area contributed by atoms with Crippen LogP contribution in [0.15, 0.2) is 30.3 Å². The Labute approximate surface area is 92.7 Å². The summed E-state index contributed by atoms with van der Waals surface area (Å²) in [6.07, 6.45) is 10.3. The third-order valence-electron chi connectivity index (χ3n) is 4.67. The zero-order valence-corrected chi connectivity index (χ0v) is 9.41. The van der Waals surface area contributed by atoms with E-state index in [9.17, 15) is 0 Å². The first-order valence-electron chi connectivity index (χ1n) is 6.40. The van der Waals surface area contributed by atoms with E-state index < -0.39 is 0 Å². The Hall–Kier alpha value is -0.780. The van der Waals surface area contributed by atoms with Crippen molar-refractivity contribution in [3.05, 3.63) is 35.9 Å². The summed E-state index contributed by atoms with van der Waals surface area (Å²) >= 11 is 0. The zero-order valence-electron chi connectivity index (χ0n) is 9.41. The lowest BCUT2D eigenvalue weighted by Gasteiger charge is -2.47. The van der Waals surface area contributed by atoms with Crippen molar-refractivity contribution < 1.29 is 0 Å². The average molecular weight is 200 g/mol. The second kappa shape index (κ2) is 3.66. The maximum absolute atomic E-state index is 2.30. The van der Waals surface area contributed by atoms with Crippen molar-refractivity contribution in [2.24, 2.45) is 11.3 Å². The van der Waals surface area contributed by atoms with Crippen LogP contribution in [0, 0.1) is 11.3 Å². The highest BCUT2D eigenvalue weighted by Gasteiger charge is 2.39. The molecule has 3 aliphatic rings. The molecule has 0 nitrogen and oxygen atoms in total. The van der Waals surface area contributed by atoms with Crippen LogP contribution in [0.5, 0.6) is 0 Å². The van der Waals surface area contributed by atoms with Gasteiger partial charge in [0.05, 0.1) is 0 Å². The smallest absolute Gasteiger partial charge is 0.0222 e. The van der Waals surface area contributed by atoms with Crippen molar-refractivity contribution in [1.82, 2.24) is 0 Å². The normalized spacial score (nSPS) is 34.3. The van der Waals surface area contributed by atoms with E-state index in [2.05, 4.69) is 30.3 Å². The van der Waals surface area contributed by atoms with Crippen LogP contribution in [0.25, 0.3) is 0 Å². The summed E-state index contributed by atoms with van der Waals surface area (Å²) in [5.74, 6) is 1.09. The topological polar surface area (TPSA) is 0 Å². The fourth-order valence-electron chi connectivity index (χ4n) is 3.63. The quantitative estimate of drug-likeness (QED) is 0.671. The van der Waals surface area contributed by atoms with E-state index in [-0.39, 0.29) is 0 Å². The summed E-state index contributed by atoms with van der Waals surface area (Å²) in [7, 11) is 0. The van der Waals surface area contributed by atoms with Gasteiger partial charge < -0.3 is 0 Å². The highest BCUT2D eigenvalue weighted by molar-refractivity contribution is 5.17. The first kappa shape index (κ1) is 9.45. The van der Waals surface area contributed by atoms with Crippen LogP contribution in [0.2, 0.25) is 0 Å². The largest absolute Gasteiger partial charge is 0.0622 e. The molecular weight excluding hydrogens is 180 g/mol. The minimum Gasteiger partial charge on any atom is -0.0622 e. The third-order valence-corrected chi connectivity index (χ3v) is 4.67. The van der Waals surface area contributed by atoms with Crippen LogP contribution < -0.4 is 0 Å². The van der Waals surface area contributed by atoms with Crippen molar-refractivity contribution in [2.45, 2.75) is 44.9 Å². The van der Waals surface area contributed by atoms with Crippen molar-refractivity contribution in [2.75, 3.05) is 0 Å². The van der Waals surface area contributed by atoms with Gasteiger partial charge >= 0.3 is 0 Å². The summed E-state index contributed by atoms with van der Waals surface area (Å²) in [4.78, 5) is 0. The highest BCUT2D eigenvalue weighted by Crippen LogP contribution is 2.51. The van der Waals surface area contributed by atoms with E-state index in [0.717, 1.165) is 5.92 Å². The Balaban J connectivity index is 1.76. The van der Waals surface area contributed by atoms with Gasteiger partial charge in [0.2, 0.25) is 0 Å². The molecule has 0 unspecified atom stereocenters. The summed E-state index contributed by atoms with van der Waals surface area (Å²) in [5, 5.41) is 0. The summed E-state index contributed by atoms with van der Waals surface area (Å²) < 4.78 is 0. The standard InChI is InChI=1S/C15H20/c1-2-4-14(5-3-1)12-15-9-6-13(7-10-15)8-11-15/h1-5,13H,6-12H2. The van der Waals surface area contributed by atoms with Crippen LogP contribution in [0.3, 0.4) is 0 Å². The minimum atomic E-state index is 0.691. The maximum Gasteiger partial charge on any atom is -0.0222 e. The molecule has 0 saturated heterocycles. The first-order chi connectivity index (χ1) is 7.36. The van der Waals surface area contributed by atoms with Gasteiger partial charge in [0, 0.05) is 0 Å². The van der Waals surface area contributed by atoms with Gasteiger partial charge in [-0.2, -0.15) is 0 Å². The van der Waals surface area contributed by atoms with Crippen LogP contribution in [0.1, 0.15) is 44.1 Å². The molecule has 0 atom stereocenters. The number of rotatable bonds is 2. The van der Waals surface area contributed by atoms with Crippen molar-refractivity contribution in [1.29, 1.82) is 0 Å². The molecule has 80 valence electrons. The minimum absolute atomic E-state index is 0.691. The molecule has 15 heavy (non-hydrogen) atoms. The third kappa shape index (κ3) is 1.82. The van der Waals surface area contributed by atoms with Gasteiger partial charge in [0.25, 0.3) is 0 Å². The molecule has 3 saturated carbocycles. The van der Waals surface area contributed by atoms with E-state index in [4.69, 9.17) is 0 Å². The molecule has 0 amide bonds. The van der Waals surface area contributed by atoms with Gasteiger partial charge in [-0.15, -0.1) is 0 Å². The van der Waals surface area contributed by atoms with Gasteiger partial charge in [-0.3, -0.25) is 0 Å². The van der Waals surface area contributed by atoms with Gasteiger partial charge in [-0.25, -0.2) is 0 Å². The molecule has 0 radical (unpaired) electrons. The fourth-order valence-corrected chi connectivity index (χ4v) is 3.63. The summed E-state index contributed by atoms with van der Waals surface area (Å²) in [6, 6.07) is 11.1. The van der Waals surface area contributed by atoms with Crippen molar-refractivity contribution in [3.8, 4) is 0 Å². The molecule has 0 aromatic heterocycles. The van der Waals surface area contributed by atoms with E-state index >= 15 is 0 Å². The molecule has 4 rings (SSSR count). The number of benzene rings is 1.